The zero-order valence-electron chi connectivity index (χ0n) is 17.0. The monoisotopic (exact) mass is 416 g/mol. The first-order valence-corrected chi connectivity index (χ1v) is 10.4. The number of aromatic hydroxyl groups is 1. The molecule has 2 aromatic carbocycles. The molecule has 7 heteroatoms. The van der Waals surface area contributed by atoms with Crippen LogP contribution in [0.4, 0.5) is 5.69 Å². The van der Waals surface area contributed by atoms with Crippen LogP contribution in [-0.4, -0.2) is 50.4 Å². The smallest absolute Gasteiger partial charge is 0.191 e. The minimum absolute atomic E-state index is 0.191. The van der Waals surface area contributed by atoms with Crippen molar-refractivity contribution >= 4 is 23.2 Å². The number of aliphatic imine (C=N–C) groups is 1. The molecule has 3 N–H and O–H groups in total. The van der Waals surface area contributed by atoms with E-state index in [4.69, 9.17) is 16.3 Å². The number of nitrogens with zero attached hydrogens (tertiary/aromatic N) is 2. The summed E-state index contributed by atoms with van der Waals surface area (Å²) in [6.45, 7) is 5.30. The van der Waals surface area contributed by atoms with Gasteiger partial charge < -0.3 is 25.4 Å². The standard InChI is InChI=1S/C22H29ClN4O2/c1-3-24-22(25-12-10-16-6-4-9-20(29-2)21(16)28)26-18-11-13-27(15-18)19-8-5-7-17(23)14-19/h4-9,14,18,28H,3,10-13,15H2,1-2H3,(H2,24,25,26). The van der Waals surface area contributed by atoms with E-state index in [9.17, 15) is 5.11 Å². The molecule has 0 bridgehead atoms. The highest BCUT2D eigenvalue weighted by Gasteiger charge is 2.23. The van der Waals surface area contributed by atoms with Gasteiger partial charge in [-0.25, -0.2) is 0 Å². The zero-order chi connectivity index (χ0) is 20.6. The second-order valence-electron chi connectivity index (χ2n) is 7.03. The highest BCUT2D eigenvalue weighted by Crippen LogP contribution is 2.29. The van der Waals surface area contributed by atoms with Gasteiger partial charge in [-0.3, -0.25) is 4.99 Å². The quantitative estimate of drug-likeness (QED) is 0.476. The first-order chi connectivity index (χ1) is 14.1. The molecule has 1 saturated heterocycles. The Balaban J connectivity index is 1.57. The predicted octanol–water partition coefficient (Wildman–Crippen LogP) is 3.43. The summed E-state index contributed by atoms with van der Waals surface area (Å²) >= 11 is 6.13. The Labute approximate surface area is 177 Å². The summed E-state index contributed by atoms with van der Waals surface area (Å²) in [5.74, 6) is 1.48. The van der Waals surface area contributed by atoms with Gasteiger partial charge in [0.25, 0.3) is 0 Å². The predicted molar refractivity (Wildman–Crippen MR) is 120 cm³/mol. The van der Waals surface area contributed by atoms with Crippen LogP contribution in [0.3, 0.4) is 0 Å². The molecule has 6 nitrogen and oxygen atoms in total. The number of rotatable bonds is 7. The number of para-hydroxylation sites is 1. The number of phenols is 1. The van der Waals surface area contributed by atoms with E-state index in [2.05, 4.69) is 33.5 Å². The number of hydrogen-bond acceptors (Lipinski definition) is 4. The molecule has 1 unspecified atom stereocenters. The van der Waals surface area contributed by atoms with Crippen molar-refractivity contribution < 1.29 is 9.84 Å². The summed E-state index contributed by atoms with van der Waals surface area (Å²) in [5.41, 5.74) is 1.98. The molecule has 3 rings (SSSR count). The average Bonchev–Trinajstić information content (AvgIpc) is 3.18. The van der Waals surface area contributed by atoms with Crippen molar-refractivity contribution in [3.05, 3.63) is 53.1 Å². The van der Waals surface area contributed by atoms with Crippen LogP contribution in [0.5, 0.6) is 11.5 Å². The number of benzene rings is 2. The highest BCUT2D eigenvalue weighted by molar-refractivity contribution is 6.30. The molecular weight excluding hydrogens is 388 g/mol. The fourth-order valence-electron chi connectivity index (χ4n) is 3.52. The molecule has 1 atom stereocenters. The maximum Gasteiger partial charge on any atom is 0.191 e. The Kier molecular flexibility index (Phi) is 7.47. The number of nitrogens with one attached hydrogen (secondary N) is 2. The number of ether oxygens (including phenoxy) is 1. The van der Waals surface area contributed by atoms with E-state index in [1.165, 1.54) is 0 Å². The minimum Gasteiger partial charge on any atom is -0.504 e. The van der Waals surface area contributed by atoms with Crippen LogP contribution < -0.4 is 20.3 Å². The number of guanidine groups is 1. The van der Waals surface area contributed by atoms with Gasteiger partial charge in [-0.1, -0.05) is 29.8 Å². The third-order valence-corrected chi connectivity index (χ3v) is 5.24. The second-order valence-corrected chi connectivity index (χ2v) is 7.47. The Morgan fingerprint density at radius 1 is 1.31 bits per heavy atom. The van der Waals surface area contributed by atoms with Crippen LogP contribution in [0.1, 0.15) is 18.9 Å². The number of hydrogen-bond donors (Lipinski definition) is 3. The molecule has 1 aliphatic rings. The Hall–Kier alpha value is -2.60. The largest absolute Gasteiger partial charge is 0.504 e. The maximum atomic E-state index is 10.2. The van der Waals surface area contributed by atoms with Crippen LogP contribution in [0.25, 0.3) is 0 Å². The van der Waals surface area contributed by atoms with Crippen molar-refractivity contribution in [1.29, 1.82) is 0 Å². The van der Waals surface area contributed by atoms with E-state index in [0.29, 0.717) is 24.8 Å². The van der Waals surface area contributed by atoms with Gasteiger partial charge in [0.1, 0.15) is 0 Å². The number of methoxy groups -OCH3 is 1. The van der Waals surface area contributed by atoms with Crippen molar-refractivity contribution in [3.8, 4) is 11.5 Å². The van der Waals surface area contributed by atoms with Gasteiger partial charge in [0.15, 0.2) is 17.5 Å². The van der Waals surface area contributed by atoms with Gasteiger partial charge in [-0.15, -0.1) is 0 Å². The summed E-state index contributed by atoms with van der Waals surface area (Å²) in [6.07, 6.45) is 1.67. The molecule has 156 valence electrons. The topological polar surface area (TPSA) is 69.1 Å². The van der Waals surface area contributed by atoms with Crippen LogP contribution in [0.2, 0.25) is 5.02 Å². The normalized spacial score (nSPS) is 16.7. The maximum absolute atomic E-state index is 10.2. The summed E-state index contributed by atoms with van der Waals surface area (Å²) < 4.78 is 5.17. The molecule has 2 aromatic rings. The van der Waals surface area contributed by atoms with E-state index >= 15 is 0 Å². The Morgan fingerprint density at radius 3 is 2.90 bits per heavy atom. The van der Waals surface area contributed by atoms with E-state index < -0.39 is 0 Å². The third kappa shape index (κ3) is 5.70. The van der Waals surface area contributed by atoms with Crippen molar-refractivity contribution in [2.75, 3.05) is 38.2 Å². The lowest BCUT2D eigenvalue weighted by Crippen LogP contribution is -2.44. The van der Waals surface area contributed by atoms with E-state index in [0.717, 1.165) is 48.3 Å². The van der Waals surface area contributed by atoms with Gasteiger partial charge in [0.05, 0.1) is 7.11 Å². The van der Waals surface area contributed by atoms with E-state index in [-0.39, 0.29) is 5.75 Å². The summed E-state index contributed by atoms with van der Waals surface area (Å²) in [7, 11) is 1.55. The molecule has 0 radical (unpaired) electrons. The molecule has 1 aliphatic heterocycles. The summed E-state index contributed by atoms with van der Waals surface area (Å²) in [5, 5.41) is 17.8. The molecule has 0 aliphatic carbocycles. The number of anilines is 1. The Morgan fingerprint density at radius 2 is 2.14 bits per heavy atom. The zero-order valence-corrected chi connectivity index (χ0v) is 17.7. The first-order valence-electron chi connectivity index (χ1n) is 10.0. The molecule has 0 spiro atoms. The van der Waals surface area contributed by atoms with Crippen molar-refractivity contribution in [3.63, 3.8) is 0 Å². The van der Waals surface area contributed by atoms with Crippen LogP contribution in [-0.2, 0) is 6.42 Å². The van der Waals surface area contributed by atoms with Gasteiger partial charge in [-0.2, -0.15) is 0 Å². The fourth-order valence-corrected chi connectivity index (χ4v) is 3.71. The Bertz CT molecular complexity index is 843. The molecule has 1 heterocycles. The summed E-state index contributed by atoms with van der Waals surface area (Å²) in [4.78, 5) is 7.02. The fraction of sp³-hybridized carbons (Fsp3) is 0.409. The number of phenolic OH excluding ortho intramolecular Hbond substituents is 1. The molecular formula is C22H29ClN4O2. The first kappa shape index (κ1) is 21.1. The van der Waals surface area contributed by atoms with E-state index in [1.807, 2.05) is 30.3 Å². The lowest BCUT2D eigenvalue weighted by Gasteiger charge is -2.20. The average molecular weight is 417 g/mol. The molecule has 1 fully saturated rings. The number of halogens is 1. The molecule has 0 amide bonds. The molecule has 29 heavy (non-hydrogen) atoms. The van der Waals surface area contributed by atoms with Crippen molar-refractivity contribution in [2.24, 2.45) is 4.99 Å². The van der Waals surface area contributed by atoms with Gasteiger partial charge >= 0.3 is 0 Å². The van der Waals surface area contributed by atoms with Gasteiger partial charge in [0.2, 0.25) is 0 Å². The SMILES string of the molecule is CCNC(=NCCc1cccc(OC)c1O)NC1CCN(c2cccc(Cl)c2)C1. The van der Waals surface area contributed by atoms with Gasteiger partial charge in [-0.05, 0) is 49.6 Å². The van der Waals surface area contributed by atoms with Crippen molar-refractivity contribution in [1.82, 2.24) is 10.6 Å². The van der Waals surface area contributed by atoms with E-state index in [1.54, 1.807) is 13.2 Å². The third-order valence-electron chi connectivity index (χ3n) is 5.00. The van der Waals surface area contributed by atoms with Crippen molar-refractivity contribution in [2.45, 2.75) is 25.8 Å². The van der Waals surface area contributed by atoms with Gasteiger partial charge in [0, 0.05) is 42.9 Å². The lowest BCUT2D eigenvalue weighted by molar-refractivity contribution is 0.370. The van der Waals surface area contributed by atoms with Crippen LogP contribution in [0, 0.1) is 0 Å². The summed E-state index contributed by atoms with van der Waals surface area (Å²) in [6, 6.07) is 13.8. The van der Waals surface area contributed by atoms with Crippen LogP contribution in [0.15, 0.2) is 47.5 Å². The minimum atomic E-state index is 0.191. The highest BCUT2D eigenvalue weighted by atomic mass is 35.5. The molecule has 0 saturated carbocycles. The molecule has 0 aromatic heterocycles. The second kappa shape index (κ2) is 10.3. The lowest BCUT2D eigenvalue weighted by atomic mass is 10.1. The van der Waals surface area contributed by atoms with Crippen LogP contribution >= 0.6 is 11.6 Å².